The molecule has 1 aliphatic carbocycles. The number of benzene rings is 2. The van der Waals surface area contributed by atoms with Crippen LogP contribution in [0.4, 0.5) is 5.69 Å². The second-order valence-electron chi connectivity index (χ2n) is 7.40. The lowest BCUT2D eigenvalue weighted by Crippen LogP contribution is -2.32. The number of nitrogens with two attached hydrogens (primary N) is 1. The van der Waals surface area contributed by atoms with Gasteiger partial charge in [-0.3, -0.25) is 0 Å². The van der Waals surface area contributed by atoms with E-state index in [9.17, 15) is 8.42 Å². The highest BCUT2D eigenvalue weighted by Crippen LogP contribution is 2.64. The minimum Gasteiger partial charge on any atom is -0.374 e. The largest absolute Gasteiger partial charge is 0.374 e. The Balaban J connectivity index is 1.90. The molecule has 2 N–H and O–H groups in total. The SMILES string of the molecule is CN(CC1(c2ccc(S(N)(=O)=O)cc2)CC1(C)C)c1ccccc1. The summed E-state index contributed by atoms with van der Waals surface area (Å²) < 4.78 is 22.9. The highest BCUT2D eigenvalue weighted by molar-refractivity contribution is 7.89. The molecule has 4 nitrogen and oxygen atoms in total. The summed E-state index contributed by atoms with van der Waals surface area (Å²) in [7, 11) is -1.55. The molecule has 2 aromatic rings. The molecular formula is C19H24N2O2S. The third kappa shape index (κ3) is 2.94. The maximum absolute atomic E-state index is 11.5. The number of rotatable bonds is 5. The molecule has 1 unspecified atom stereocenters. The van der Waals surface area contributed by atoms with Crippen molar-refractivity contribution in [2.75, 3.05) is 18.5 Å². The molecule has 1 fully saturated rings. The van der Waals surface area contributed by atoms with Gasteiger partial charge in [0.15, 0.2) is 0 Å². The van der Waals surface area contributed by atoms with Gasteiger partial charge in [-0.2, -0.15) is 0 Å². The van der Waals surface area contributed by atoms with Crippen LogP contribution >= 0.6 is 0 Å². The average molecular weight is 344 g/mol. The van der Waals surface area contributed by atoms with Gasteiger partial charge in [0.25, 0.3) is 0 Å². The van der Waals surface area contributed by atoms with Crippen molar-refractivity contribution in [3.05, 3.63) is 60.2 Å². The van der Waals surface area contributed by atoms with Crippen LogP contribution < -0.4 is 10.0 Å². The quantitative estimate of drug-likeness (QED) is 0.906. The summed E-state index contributed by atoms with van der Waals surface area (Å²) >= 11 is 0. The normalized spacial score (nSPS) is 22.2. The Morgan fingerprint density at radius 1 is 1.04 bits per heavy atom. The summed E-state index contributed by atoms with van der Waals surface area (Å²) in [6.45, 7) is 5.41. The van der Waals surface area contributed by atoms with Crippen LogP contribution in [0, 0.1) is 5.41 Å². The Morgan fingerprint density at radius 2 is 1.58 bits per heavy atom. The molecular weight excluding hydrogens is 320 g/mol. The predicted octanol–water partition coefficient (Wildman–Crippen LogP) is 3.14. The predicted molar refractivity (Wildman–Crippen MR) is 97.6 cm³/mol. The van der Waals surface area contributed by atoms with E-state index in [1.54, 1.807) is 12.1 Å². The van der Waals surface area contributed by atoms with Gasteiger partial charge in [0.05, 0.1) is 4.90 Å². The minimum atomic E-state index is -3.65. The van der Waals surface area contributed by atoms with E-state index in [0.717, 1.165) is 13.0 Å². The topological polar surface area (TPSA) is 63.4 Å². The summed E-state index contributed by atoms with van der Waals surface area (Å²) in [6, 6.07) is 17.3. The zero-order chi connectivity index (χ0) is 17.6. The van der Waals surface area contributed by atoms with Crippen LogP contribution in [0.25, 0.3) is 0 Å². The first kappa shape index (κ1) is 17.0. The second-order valence-corrected chi connectivity index (χ2v) is 8.97. The maximum Gasteiger partial charge on any atom is 0.238 e. The van der Waals surface area contributed by atoms with E-state index >= 15 is 0 Å². The van der Waals surface area contributed by atoms with Gasteiger partial charge in [0, 0.05) is 24.7 Å². The number of hydrogen-bond acceptors (Lipinski definition) is 3. The van der Waals surface area contributed by atoms with Crippen molar-refractivity contribution in [2.45, 2.75) is 30.6 Å². The number of likely N-dealkylation sites (N-methyl/N-ethyl adjacent to an activating group) is 1. The smallest absolute Gasteiger partial charge is 0.238 e. The molecule has 5 heteroatoms. The van der Waals surface area contributed by atoms with E-state index < -0.39 is 10.0 Å². The summed E-state index contributed by atoms with van der Waals surface area (Å²) in [5, 5.41) is 5.21. The van der Waals surface area contributed by atoms with Gasteiger partial charge in [-0.15, -0.1) is 0 Å². The van der Waals surface area contributed by atoms with Crippen LogP contribution in [0.2, 0.25) is 0 Å². The lowest BCUT2D eigenvalue weighted by molar-refractivity contribution is 0.495. The first-order valence-electron chi connectivity index (χ1n) is 8.05. The van der Waals surface area contributed by atoms with Crippen molar-refractivity contribution >= 4 is 15.7 Å². The highest BCUT2D eigenvalue weighted by Gasteiger charge is 2.62. The van der Waals surface area contributed by atoms with Gasteiger partial charge in [-0.05, 0) is 41.7 Å². The van der Waals surface area contributed by atoms with Crippen molar-refractivity contribution in [1.29, 1.82) is 0 Å². The van der Waals surface area contributed by atoms with Gasteiger partial charge >= 0.3 is 0 Å². The number of para-hydroxylation sites is 1. The first-order valence-corrected chi connectivity index (χ1v) is 9.60. The number of hydrogen-bond donors (Lipinski definition) is 1. The molecule has 2 aromatic carbocycles. The summed E-state index contributed by atoms with van der Waals surface area (Å²) in [5.41, 5.74) is 2.55. The lowest BCUT2D eigenvalue weighted by Gasteiger charge is -2.29. The third-order valence-electron chi connectivity index (χ3n) is 5.35. The van der Waals surface area contributed by atoms with E-state index in [0.29, 0.717) is 0 Å². The van der Waals surface area contributed by atoms with Crippen molar-refractivity contribution in [2.24, 2.45) is 10.6 Å². The van der Waals surface area contributed by atoms with E-state index in [4.69, 9.17) is 5.14 Å². The van der Waals surface area contributed by atoms with Crippen molar-refractivity contribution in [3.63, 3.8) is 0 Å². The molecule has 0 bridgehead atoms. The number of primary sulfonamides is 1. The van der Waals surface area contributed by atoms with E-state index in [2.05, 4.69) is 37.9 Å². The van der Waals surface area contributed by atoms with Crippen LogP contribution in [0.15, 0.2) is 59.5 Å². The molecule has 0 amide bonds. The minimum absolute atomic E-state index is 0.0223. The molecule has 1 saturated carbocycles. The van der Waals surface area contributed by atoms with Crippen molar-refractivity contribution in [3.8, 4) is 0 Å². The summed E-state index contributed by atoms with van der Waals surface area (Å²) in [5.74, 6) is 0. The van der Waals surface area contributed by atoms with Crippen molar-refractivity contribution in [1.82, 2.24) is 0 Å². The zero-order valence-electron chi connectivity index (χ0n) is 14.4. The van der Waals surface area contributed by atoms with Gasteiger partial charge < -0.3 is 4.90 Å². The molecule has 0 heterocycles. The molecule has 0 aliphatic heterocycles. The Kier molecular flexibility index (Phi) is 3.97. The highest BCUT2D eigenvalue weighted by atomic mass is 32.2. The fraction of sp³-hybridized carbons (Fsp3) is 0.368. The van der Waals surface area contributed by atoms with Gasteiger partial charge in [0.1, 0.15) is 0 Å². The van der Waals surface area contributed by atoms with E-state index in [-0.39, 0.29) is 15.7 Å². The standard InChI is InChI=1S/C19H24N2O2S/c1-18(2)13-19(18,14-21(3)16-7-5-4-6-8-16)15-9-11-17(12-10-15)24(20,22)23/h4-12H,13-14H2,1-3H3,(H2,20,22,23). The fourth-order valence-electron chi connectivity index (χ4n) is 3.71. The van der Waals surface area contributed by atoms with Gasteiger partial charge in [-0.1, -0.05) is 44.2 Å². The first-order chi connectivity index (χ1) is 11.2. The molecule has 3 rings (SSSR count). The monoisotopic (exact) mass is 344 g/mol. The van der Waals surface area contributed by atoms with Crippen LogP contribution in [0.5, 0.6) is 0 Å². The van der Waals surface area contributed by atoms with Crippen LogP contribution in [0.1, 0.15) is 25.8 Å². The summed E-state index contributed by atoms with van der Waals surface area (Å²) in [4.78, 5) is 2.43. The molecule has 1 atom stereocenters. The molecule has 0 radical (unpaired) electrons. The van der Waals surface area contributed by atoms with Crippen molar-refractivity contribution < 1.29 is 8.42 Å². The van der Waals surface area contributed by atoms with Crippen LogP contribution in [-0.4, -0.2) is 22.0 Å². The Morgan fingerprint density at radius 3 is 2.04 bits per heavy atom. The molecule has 0 saturated heterocycles. The number of nitrogens with zero attached hydrogens (tertiary/aromatic N) is 1. The van der Waals surface area contributed by atoms with E-state index in [1.807, 2.05) is 30.3 Å². The molecule has 1 aliphatic rings. The Labute approximate surface area is 144 Å². The lowest BCUT2D eigenvalue weighted by atomic mass is 9.87. The fourth-order valence-corrected chi connectivity index (χ4v) is 4.22. The average Bonchev–Trinajstić information content (AvgIpc) is 3.09. The van der Waals surface area contributed by atoms with Gasteiger partial charge in [-0.25, -0.2) is 13.6 Å². The molecule has 128 valence electrons. The van der Waals surface area contributed by atoms with Gasteiger partial charge in [0.2, 0.25) is 10.0 Å². The third-order valence-corrected chi connectivity index (χ3v) is 6.28. The van der Waals surface area contributed by atoms with Crippen LogP contribution in [-0.2, 0) is 15.4 Å². The molecule has 0 aromatic heterocycles. The Hall–Kier alpha value is -1.85. The van der Waals surface area contributed by atoms with Crippen LogP contribution in [0.3, 0.4) is 0 Å². The number of sulfonamides is 1. The van der Waals surface area contributed by atoms with E-state index in [1.165, 1.54) is 11.3 Å². The maximum atomic E-state index is 11.5. The number of anilines is 1. The molecule has 0 spiro atoms. The zero-order valence-corrected chi connectivity index (χ0v) is 15.2. The summed E-state index contributed by atoms with van der Waals surface area (Å²) in [6.07, 6.45) is 1.08. The molecule has 24 heavy (non-hydrogen) atoms. The Bertz CT molecular complexity index is 829. The second kappa shape index (κ2) is 5.60.